The van der Waals surface area contributed by atoms with Crippen molar-refractivity contribution >= 4 is 29.3 Å². The average molecular weight is 344 g/mol. The molecule has 9 heteroatoms. The third-order valence-corrected chi connectivity index (χ3v) is 3.75. The monoisotopic (exact) mass is 344 g/mol. The Kier molecular flexibility index (Phi) is 4.62. The number of aromatic nitrogens is 2. The lowest BCUT2D eigenvalue weighted by Gasteiger charge is -2.07. The second-order valence-corrected chi connectivity index (χ2v) is 5.52. The van der Waals surface area contributed by atoms with Crippen molar-refractivity contribution in [3.05, 3.63) is 48.2 Å². The molecule has 0 unspecified atom stereocenters. The van der Waals surface area contributed by atoms with Crippen LogP contribution in [-0.2, 0) is 4.79 Å². The molecule has 2 heterocycles. The summed E-state index contributed by atoms with van der Waals surface area (Å²) in [5, 5.41) is 10.5. The molecule has 0 fully saturated rings. The number of nitrogens with one attached hydrogen (secondary N) is 1. The third-order valence-electron chi connectivity index (χ3n) is 2.93. The number of benzene rings is 1. The van der Waals surface area contributed by atoms with Gasteiger partial charge < -0.3 is 19.9 Å². The fourth-order valence-corrected chi connectivity index (χ4v) is 2.45. The quantitative estimate of drug-likeness (QED) is 0.656. The molecule has 2 amide bonds. The molecule has 3 N–H and O–H groups in total. The molecular formula is C15H12N4O4S. The SMILES string of the molecule is NC(=O)c1ccccc1NC(=O)CSc1nnc(-c2ccco2)o1. The van der Waals surface area contributed by atoms with Crippen LogP contribution < -0.4 is 11.1 Å². The number of carbonyl (C=O) groups is 2. The highest BCUT2D eigenvalue weighted by Gasteiger charge is 2.14. The fourth-order valence-electron chi connectivity index (χ4n) is 1.89. The first-order chi connectivity index (χ1) is 11.6. The van der Waals surface area contributed by atoms with E-state index in [9.17, 15) is 9.59 Å². The molecule has 0 aliphatic rings. The number of carbonyl (C=O) groups excluding carboxylic acids is 2. The van der Waals surface area contributed by atoms with E-state index in [1.54, 1.807) is 36.4 Å². The number of hydrogen-bond acceptors (Lipinski definition) is 7. The number of thioether (sulfide) groups is 1. The zero-order valence-corrected chi connectivity index (χ0v) is 13.1. The van der Waals surface area contributed by atoms with Gasteiger partial charge in [-0.25, -0.2) is 0 Å². The molecule has 0 spiro atoms. The summed E-state index contributed by atoms with van der Waals surface area (Å²) < 4.78 is 10.5. The molecule has 2 aromatic heterocycles. The van der Waals surface area contributed by atoms with Crippen molar-refractivity contribution in [2.75, 3.05) is 11.1 Å². The Bertz CT molecular complexity index is 860. The molecule has 3 aromatic rings. The van der Waals surface area contributed by atoms with Gasteiger partial charge in [0.1, 0.15) is 0 Å². The predicted octanol–water partition coefficient (Wildman–Crippen LogP) is 2.16. The lowest BCUT2D eigenvalue weighted by molar-refractivity contribution is -0.113. The third kappa shape index (κ3) is 3.63. The van der Waals surface area contributed by atoms with Crippen LogP contribution in [0.5, 0.6) is 0 Å². The van der Waals surface area contributed by atoms with Gasteiger partial charge in [0.25, 0.3) is 17.0 Å². The van der Waals surface area contributed by atoms with Gasteiger partial charge in [-0.2, -0.15) is 0 Å². The van der Waals surface area contributed by atoms with Crippen molar-refractivity contribution < 1.29 is 18.4 Å². The molecule has 122 valence electrons. The Morgan fingerprint density at radius 3 is 2.75 bits per heavy atom. The van der Waals surface area contributed by atoms with Crippen LogP contribution in [0.15, 0.2) is 56.7 Å². The van der Waals surface area contributed by atoms with E-state index < -0.39 is 5.91 Å². The van der Waals surface area contributed by atoms with Crippen LogP contribution in [0.4, 0.5) is 5.69 Å². The number of amides is 2. The first kappa shape index (κ1) is 15.8. The van der Waals surface area contributed by atoms with Crippen molar-refractivity contribution in [1.29, 1.82) is 0 Å². The van der Waals surface area contributed by atoms with Crippen LogP contribution in [0.3, 0.4) is 0 Å². The summed E-state index contributed by atoms with van der Waals surface area (Å²) in [6.45, 7) is 0. The van der Waals surface area contributed by atoms with Gasteiger partial charge in [0.05, 0.1) is 23.3 Å². The number of nitrogens with zero attached hydrogens (tertiary/aromatic N) is 2. The highest BCUT2D eigenvalue weighted by Crippen LogP contribution is 2.23. The standard InChI is InChI=1S/C15H12N4O4S/c16-13(21)9-4-1-2-5-10(9)17-12(20)8-24-15-19-18-14(23-15)11-6-3-7-22-11/h1-7H,8H2,(H2,16,21)(H,17,20). The van der Waals surface area contributed by atoms with E-state index >= 15 is 0 Å². The summed E-state index contributed by atoms with van der Waals surface area (Å²) >= 11 is 1.07. The van der Waals surface area contributed by atoms with Crippen LogP contribution in [0, 0.1) is 0 Å². The van der Waals surface area contributed by atoms with Gasteiger partial charge in [0, 0.05) is 0 Å². The number of nitrogens with two attached hydrogens (primary N) is 1. The molecule has 0 aliphatic heterocycles. The lowest BCUT2D eigenvalue weighted by Crippen LogP contribution is -2.19. The van der Waals surface area contributed by atoms with Crippen LogP contribution in [0.1, 0.15) is 10.4 Å². The normalized spacial score (nSPS) is 10.5. The minimum absolute atomic E-state index is 0.0346. The van der Waals surface area contributed by atoms with E-state index in [4.69, 9.17) is 14.6 Å². The van der Waals surface area contributed by atoms with Crippen molar-refractivity contribution in [2.24, 2.45) is 5.73 Å². The van der Waals surface area contributed by atoms with E-state index in [2.05, 4.69) is 15.5 Å². The van der Waals surface area contributed by atoms with E-state index in [-0.39, 0.29) is 28.3 Å². The summed E-state index contributed by atoms with van der Waals surface area (Å²) in [7, 11) is 0. The van der Waals surface area contributed by atoms with Gasteiger partial charge in [0.2, 0.25) is 5.91 Å². The van der Waals surface area contributed by atoms with E-state index in [0.717, 1.165) is 11.8 Å². The number of para-hydroxylation sites is 1. The minimum Gasteiger partial charge on any atom is -0.459 e. The molecule has 0 aliphatic carbocycles. The molecule has 0 saturated carbocycles. The first-order valence-corrected chi connectivity index (χ1v) is 7.81. The highest BCUT2D eigenvalue weighted by molar-refractivity contribution is 7.99. The Morgan fingerprint density at radius 2 is 2.00 bits per heavy atom. The molecule has 3 rings (SSSR count). The Morgan fingerprint density at radius 1 is 1.17 bits per heavy atom. The minimum atomic E-state index is -0.612. The van der Waals surface area contributed by atoms with Gasteiger partial charge in [0.15, 0.2) is 5.76 Å². The van der Waals surface area contributed by atoms with E-state index in [1.165, 1.54) is 6.26 Å². The number of primary amides is 1. The summed E-state index contributed by atoms with van der Waals surface area (Å²) in [6, 6.07) is 9.90. The number of furan rings is 1. The zero-order valence-electron chi connectivity index (χ0n) is 12.3. The van der Waals surface area contributed by atoms with Crippen molar-refractivity contribution in [3.63, 3.8) is 0 Å². The smallest absolute Gasteiger partial charge is 0.284 e. The van der Waals surface area contributed by atoms with Crippen molar-refractivity contribution in [3.8, 4) is 11.7 Å². The second-order valence-electron chi connectivity index (χ2n) is 4.60. The maximum Gasteiger partial charge on any atom is 0.284 e. The molecule has 0 radical (unpaired) electrons. The molecule has 24 heavy (non-hydrogen) atoms. The second kappa shape index (κ2) is 7.01. The summed E-state index contributed by atoms with van der Waals surface area (Å²) in [6.07, 6.45) is 1.50. The number of rotatable bonds is 6. The number of anilines is 1. The maximum atomic E-state index is 12.0. The molecule has 8 nitrogen and oxygen atoms in total. The Balaban J connectivity index is 1.59. The molecule has 0 saturated heterocycles. The summed E-state index contributed by atoms with van der Waals surface area (Å²) in [5.41, 5.74) is 5.87. The molecule has 0 atom stereocenters. The predicted molar refractivity (Wildman–Crippen MR) is 86.3 cm³/mol. The van der Waals surface area contributed by atoms with Gasteiger partial charge in [-0.05, 0) is 24.3 Å². The summed E-state index contributed by atoms with van der Waals surface area (Å²) in [4.78, 5) is 23.3. The molecule has 1 aromatic carbocycles. The topological polar surface area (TPSA) is 124 Å². The average Bonchev–Trinajstić information content (AvgIpc) is 3.24. The van der Waals surface area contributed by atoms with Crippen LogP contribution in [0.2, 0.25) is 0 Å². The van der Waals surface area contributed by atoms with Crippen LogP contribution >= 0.6 is 11.8 Å². The van der Waals surface area contributed by atoms with Gasteiger partial charge in [-0.3, -0.25) is 9.59 Å². The van der Waals surface area contributed by atoms with Gasteiger partial charge >= 0.3 is 0 Å². The lowest BCUT2D eigenvalue weighted by atomic mass is 10.1. The fraction of sp³-hybridized carbons (Fsp3) is 0.0667. The zero-order chi connectivity index (χ0) is 16.9. The number of hydrogen-bond donors (Lipinski definition) is 2. The van der Waals surface area contributed by atoms with Crippen molar-refractivity contribution in [2.45, 2.75) is 5.22 Å². The van der Waals surface area contributed by atoms with Crippen LogP contribution in [0.25, 0.3) is 11.7 Å². The van der Waals surface area contributed by atoms with Crippen LogP contribution in [-0.4, -0.2) is 27.8 Å². The summed E-state index contributed by atoms with van der Waals surface area (Å²) in [5.74, 6) is -0.214. The molecular weight excluding hydrogens is 332 g/mol. The van der Waals surface area contributed by atoms with Gasteiger partial charge in [-0.15, -0.1) is 10.2 Å². The maximum absolute atomic E-state index is 12.0. The Labute approximate surface area is 140 Å². The highest BCUT2D eigenvalue weighted by atomic mass is 32.2. The first-order valence-electron chi connectivity index (χ1n) is 6.82. The van der Waals surface area contributed by atoms with E-state index in [1.807, 2.05) is 0 Å². The largest absolute Gasteiger partial charge is 0.459 e. The molecule has 0 bridgehead atoms. The van der Waals surface area contributed by atoms with E-state index in [0.29, 0.717) is 11.4 Å². The van der Waals surface area contributed by atoms with Crippen molar-refractivity contribution in [1.82, 2.24) is 10.2 Å². The Hall–Kier alpha value is -3.07. The van der Waals surface area contributed by atoms with Gasteiger partial charge in [-0.1, -0.05) is 23.9 Å².